The van der Waals surface area contributed by atoms with Crippen LogP contribution in [0.2, 0.25) is 0 Å². The van der Waals surface area contributed by atoms with Gasteiger partial charge in [0.25, 0.3) is 17.7 Å². The Balaban J connectivity index is 0.931. The first-order chi connectivity index (χ1) is 35.0. The van der Waals surface area contributed by atoms with E-state index < -0.39 is 63.1 Å². The molecule has 0 radical (unpaired) electrons. The number of nitrogens with zero attached hydrogens (tertiary/aromatic N) is 2. The summed E-state index contributed by atoms with van der Waals surface area (Å²) in [5, 5.41) is 37.3. The summed E-state index contributed by atoms with van der Waals surface area (Å²) in [5.74, 6) is -7.73. The average molecular weight is 1030 g/mol. The molecule has 2 aliphatic heterocycles. The SMILES string of the molecule is CC(=O)c1ccc(-c2ccc(C(=O)Nc3ccc(C4(C)OCCO4)cc3)c(C(=O)O)c2)cc1C(=O)N(O)c1ccc(CC2(C)OCC(c3ccc(C(=O)Nc4cccc(N(C)S(C)(=O)=O)c4)c(C(=O)O)c3)O2)cc1. The number of hydrogen-bond acceptors (Lipinski definition) is 13. The molecule has 3 amide bonds. The molecule has 0 spiro atoms. The first-order valence-corrected chi connectivity index (χ1v) is 24.8. The van der Waals surface area contributed by atoms with Gasteiger partial charge < -0.3 is 39.8 Å². The Kier molecular flexibility index (Phi) is 14.7. The van der Waals surface area contributed by atoms with Gasteiger partial charge in [0.2, 0.25) is 10.0 Å². The number of rotatable bonds is 16. The van der Waals surface area contributed by atoms with E-state index >= 15 is 0 Å². The van der Waals surface area contributed by atoms with Gasteiger partial charge >= 0.3 is 11.9 Å². The van der Waals surface area contributed by atoms with E-state index in [1.54, 1.807) is 68.4 Å². The molecule has 2 saturated heterocycles. The lowest BCUT2D eigenvalue weighted by molar-refractivity contribution is -0.153. The number of carbonyl (C=O) groups is 6. The third-order valence-corrected chi connectivity index (χ3v) is 13.9. The fourth-order valence-corrected chi connectivity index (χ4v) is 9.08. The van der Waals surface area contributed by atoms with Gasteiger partial charge in [0.05, 0.1) is 65.3 Å². The summed E-state index contributed by atoms with van der Waals surface area (Å²) in [6, 6.07) is 31.7. The molecule has 0 aromatic heterocycles. The normalized spacial score (nSPS) is 17.0. The summed E-state index contributed by atoms with van der Waals surface area (Å²) < 4.78 is 48.8. The number of nitrogens with one attached hydrogen (secondary N) is 2. The van der Waals surface area contributed by atoms with Crippen molar-refractivity contribution in [1.29, 1.82) is 0 Å². The zero-order valence-corrected chi connectivity index (χ0v) is 41.4. The van der Waals surface area contributed by atoms with E-state index in [1.807, 2.05) is 0 Å². The molecule has 0 bridgehead atoms. The van der Waals surface area contributed by atoms with E-state index in [0.717, 1.165) is 16.1 Å². The number of ketones is 1. The van der Waals surface area contributed by atoms with Gasteiger partial charge in [-0.05, 0) is 122 Å². The highest BCUT2D eigenvalue weighted by molar-refractivity contribution is 7.92. The van der Waals surface area contributed by atoms with Gasteiger partial charge in [0, 0.05) is 36.0 Å². The first-order valence-electron chi connectivity index (χ1n) is 22.9. The van der Waals surface area contributed by atoms with Gasteiger partial charge in [-0.25, -0.2) is 18.0 Å². The van der Waals surface area contributed by atoms with Crippen LogP contribution in [0.4, 0.5) is 22.7 Å². The number of carbonyl (C=O) groups excluding carboxylic acids is 4. The molecule has 2 unspecified atom stereocenters. The Morgan fingerprint density at radius 2 is 1.22 bits per heavy atom. The van der Waals surface area contributed by atoms with Crippen molar-refractivity contribution in [3.8, 4) is 11.1 Å². The van der Waals surface area contributed by atoms with Crippen LogP contribution in [-0.2, 0) is 41.2 Å². The van der Waals surface area contributed by atoms with Gasteiger partial charge in [0.1, 0.15) is 6.10 Å². The summed E-state index contributed by atoms with van der Waals surface area (Å²) in [7, 11) is -2.22. The van der Waals surface area contributed by atoms with Crippen LogP contribution >= 0.6 is 0 Å². The Labute approximate surface area is 424 Å². The number of hydrogen-bond donors (Lipinski definition) is 5. The Morgan fingerprint density at radius 1 is 0.649 bits per heavy atom. The number of sulfonamides is 1. The standard InChI is InChI=1S/C54H50N4O15S/c1-31(59)41-20-11-33(34-12-21-42(45(26-34)51(63)64)48(60)55-37-16-14-36(15-17-37)54(3)70-23-24-71-54)25-44(41)50(62)58(67)39-18-9-32(10-19-39)29-53(2)72-30-47(73-53)35-13-22-43(46(27-35)52(65)66)49(61)56-38-7-6-8-40(28-38)57(4)74(5,68)69/h6-22,25-28,47,67H,23-24,29-30H2,1-5H3,(H,55,60)(H,56,61)(H,63,64)(H,65,66). The van der Waals surface area contributed by atoms with Crippen LogP contribution in [0.1, 0.15) is 106 Å². The van der Waals surface area contributed by atoms with E-state index in [0.29, 0.717) is 46.2 Å². The summed E-state index contributed by atoms with van der Waals surface area (Å²) in [6.07, 6.45) is 0.486. The highest BCUT2D eigenvalue weighted by atomic mass is 32.2. The highest BCUT2D eigenvalue weighted by Gasteiger charge is 2.39. The first kappa shape index (κ1) is 52.2. The van der Waals surface area contributed by atoms with Crippen molar-refractivity contribution in [3.63, 3.8) is 0 Å². The number of aromatic carboxylic acids is 2. The lowest BCUT2D eigenvalue weighted by atomic mass is 9.94. The Morgan fingerprint density at radius 3 is 1.81 bits per heavy atom. The molecular weight excluding hydrogens is 977 g/mol. The lowest BCUT2D eigenvalue weighted by Crippen LogP contribution is -2.29. The summed E-state index contributed by atoms with van der Waals surface area (Å²) in [6.45, 7) is 5.67. The summed E-state index contributed by atoms with van der Waals surface area (Å²) in [4.78, 5) is 78.4. The van der Waals surface area contributed by atoms with Gasteiger partial charge in [0.15, 0.2) is 17.4 Å². The Hall–Kier alpha value is -8.11. The third-order valence-electron chi connectivity index (χ3n) is 12.6. The largest absolute Gasteiger partial charge is 0.478 e. The second-order valence-electron chi connectivity index (χ2n) is 17.9. The molecule has 0 aliphatic carbocycles. The fourth-order valence-electron chi connectivity index (χ4n) is 8.58. The zero-order chi connectivity index (χ0) is 53.3. The molecule has 6 aromatic rings. The number of anilines is 4. The van der Waals surface area contributed by atoms with Gasteiger partial charge in [-0.2, -0.15) is 5.06 Å². The summed E-state index contributed by atoms with van der Waals surface area (Å²) >= 11 is 0. The minimum Gasteiger partial charge on any atom is -0.478 e. The van der Waals surface area contributed by atoms with Crippen molar-refractivity contribution in [2.75, 3.05) is 53.1 Å². The number of benzene rings is 6. The quantitative estimate of drug-likeness (QED) is 0.0348. The number of amides is 3. The molecule has 2 heterocycles. The molecule has 8 rings (SSSR count). The van der Waals surface area contributed by atoms with E-state index in [1.165, 1.54) is 86.8 Å². The second-order valence-corrected chi connectivity index (χ2v) is 19.9. The van der Waals surface area contributed by atoms with Crippen LogP contribution < -0.4 is 20.0 Å². The predicted octanol–water partition coefficient (Wildman–Crippen LogP) is 8.16. The fraction of sp³-hybridized carbons (Fsp3) is 0.222. The monoisotopic (exact) mass is 1030 g/mol. The van der Waals surface area contributed by atoms with Gasteiger partial charge in [-0.3, -0.25) is 28.7 Å². The Bertz CT molecular complexity index is 3340. The molecule has 5 N–H and O–H groups in total. The van der Waals surface area contributed by atoms with E-state index in [2.05, 4.69) is 10.6 Å². The smallest absolute Gasteiger partial charge is 0.336 e. The molecule has 2 aliphatic rings. The van der Waals surface area contributed by atoms with Crippen LogP contribution in [0, 0.1) is 0 Å². The second kappa shape index (κ2) is 20.8. The molecule has 6 aromatic carbocycles. The summed E-state index contributed by atoms with van der Waals surface area (Å²) in [5.41, 5.74) is 2.35. The number of carboxylic acids is 2. The molecular formula is C54H50N4O15S. The zero-order valence-electron chi connectivity index (χ0n) is 40.6. The molecule has 74 heavy (non-hydrogen) atoms. The maximum absolute atomic E-state index is 14.0. The van der Waals surface area contributed by atoms with Crippen LogP contribution in [0.3, 0.4) is 0 Å². The van der Waals surface area contributed by atoms with Crippen molar-refractivity contribution >= 4 is 68.2 Å². The van der Waals surface area contributed by atoms with Gasteiger partial charge in [-0.1, -0.05) is 48.5 Å². The minimum atomic E-state index is -3.58. The number of hydroxylamine groups is 1. The van der Waals surface area contributed by atoms with Gasteiger partial charge in [-0.15, -0.1) is 0 Å². The van der Waals surface area contributed by atoms with Crippen LogP contribution in [-0.4, -0.2) is 98.2 Å². The average Bonchev–Trinajstić information content (AvgIpc) is 4.01. The molecule has 0 saturated carbocycles. The maximum Gasteiger partial charge on any atom is 0.336 e. The minimum absolute atomic E-state index is 0.0104. The molecule has 2 atom stereocenters. The number of Topliss-reactive ketones (excluding diaryl/α,β-unsaturated/α-hetero) is 1. The maximum atomic E-state index is 14.0. The van der Waals surface area contributed by atoms with Crippen LogP contribution in [0.15, 0.2) is 127 Å². The van der Waals surface area contributed by atoms with E-state index in [4.69, 9.17) is 18.9 Å². The van der Waals surface area contributed by atoms with Crippen molar-refractivity contribution in [2.45, 2.75) is 44.9 Å². The van der Waals surface area contributed by atoms with Crippen LogP contribution in [0.5, 0.6) is 0 Å². The van der Waals surface area contributed by atoms with Crippen LogP contribution in [0.25, 0.3) is 11.1 Å². The highest BCUT2D eigenvalue weighted by Crippen LogP contribution is 2.37. The number of ether oxygens (including phenoxy) is 4. The topological polar surface area (TPSA) is 265 Å². The predicted molar refractivity (Wildman–Crippen MR) is 270 cm³/mol. The molecule has 2 fully saturated rings. The third kappa shape index (κ3) is 11.2. The van der Waals surface area contributed by atoms with Crippen molar-refractivity contribution < 1.29 is 71.6 Å². The van der Waals surface area contributed by atoms with Crippen molar-refractivity contribution in [1.82, 2.24) is 0 Å². The van der Waals surface area contributed by atoms with E-state index in [-0.39, 0.29) is 63.5 Å². The van der Waals surface area contributed by atoms with Crippen molar-refractivity contribution in [3.05, 3.63) is 177 Å². The van der Waals surface area contributed by atoms with E-state index in [9.17, 15) is 52.6 Å². The number of carboxylic acid groups (broad SMARTS) is 2. The van der Waals surface area contributed by atoms with Crippen molar-refractivity contribution in [2.24, 2.45) is 0 Å². The molecule has 20 heteroatoms. The molecule has 382 valence electrons. The molecule has 19 nitrogen and oxygen atoms in total. The lowest BCUT2D eigenvalue weighted by Gasteiger charge is -2.24.